The molecule has 0 bridgehead atoms. The van der Waals surface area contributed by atoms with Crippen molar-refractivity contribution in [1.82, 2.24) is 9.80 Å². The maximum atomic E-state index is 11.9. The summed E-state index contributed by atoms with van der Waals surface area (Å²) in [4.78, 5) is 26.8. The van der Waals surface area contributed by atoms with Gasteiger partial charge < -0.3 is 19.3 Å². The van der Waals surface area contributed by atoms with Crippen molar-refractivity contribution in [2.24, 2.45) is 0 Å². The van der Waals surface area contributed by atoms with Crippen LogP contribution in [0.2, 0.25) is 0 Å². The highest BCUT2D eigenvalue weighted by Gasteiger charge is 2.25. The van der Waals surface area contributed by atoms with Gasteiger partial charge in [0, 0.05) is 13.6 Å². The van der Waals surface area contributed by atoms with Gasteiger partial charge in [-0.3, -0.25) is 0 Å². The average Bonchev–Trinajstić information content (AvgIpc) is 2.80. The second kappa shape index (κ2) is 6.89. The van der Waals surface area contributed by atoms with Gasteiger partial charge in [0.2, 0.25) is 0 Å². The van der Waals surface area contributed by atoms with Crippen LogP contribution in [0.3, 0.4) is 0 Å². The summed E-state index contributed by atoms with van der Waals surface area (Å²) >= 11 is 0. The normalized spacial score (nSPS) is 18.1. The van der Waals surface area contributed by atoms with E-state index < -0.39 is 17.7 Å². The monoisotopic (exact) mass is 270 g/mol. The van der Waals surface area contributed by atoms with Gasteiger partial charge in [0.05, 0.1) is 6.04 Å². The number of aldehydes is 1. The van der Waals surface area contributed by atoms with Crippen LogP contribution in [-0.4, -0.2) is 60.5 Å². The molecule has 1 aliphatic heterocycles. The fourth-order valence-corrected chi connectivity index (χ4v) is 2.14. The molecule has 1 rings (SSSR count). The van der Waals surface area contributed by atoms with Gasteiger partial charge in [-0.1, -0.05) is 0 Å². The number of hydrogen-bond acceptors (Lipinski definition) is 4. The van der Waals surface area contributed by atoms with E-state index in [0.29, 0.717) is 6.42 Å². The molecule has 1 amide bonds. The fraction of sp³-hybridized carbons (Fsp3) is 0.857. The van der Waals surface area contributed by atoms with E-state index in [9.17, 15) is 9.59 Å². The molecule has 1 atom stereocenters. The zero-order chi connectivity index (χ0) is 14.5. The molecule has 1 aliphatic rings. The lowest BCUT2D eigenvalue weighted by molar-refractivity contribution is -0.112. The number of ether oxygens (including phenoxy) is 1. The van der Waals surface area contributed by atoms with Crippen molar-refractivity contribution in [3.63, 3.8) is 0 Å². The number of carbonyl (C=O) groups excluding carboxylic acids is 2. The highest BCUT2D eigenvalue weighted by atomic mass is 16.6. The minimum absolute atomic E-state index is 0.407. The number of hydrogen-bond donors (Lipinski definition) is 0. The summed E-state index contributed by atoms with van der Waals surface area (Å²) < 4.78 is 5.27. The number of amides is 1. The van der Waals surface area contributed by atoms with E-state index in [2.05, 4.69) is 4.90 Å². The van der Waals surface area contributed by atoms with E-state index in [-0.39, 0.29) is 0 Å². The minimum Gasteiger partial charge on any atom is -0.444 e. The van der Waals surface area contributed by atoms with E-state index in [4.69, 9.17) is 4.74 Å². The topological polar surface area (TPSA) is 49.9 Å². The number of rotatable bonds is 5. The lowest BCUT2D eigenvalue weighted by atomic mass is 10.2. The first-order chi connectivity index (χ1) is 8.83. The first kappa shape index (κ1) is 16.0. The van der Waals surface area contributed by atoms with Gasteiger partial charge in [-0.25, -0.2) is 4.79 Å². The van der Waals surface area contributed by atoms with Crippen molar-refractivity contribution in [1.29, 1.82) is 0 Å². The number of carbonyl (C=O) groups is 2. The van der Waals surface area contributed by atoms with Crippen molar-refractivity contribution in [2.75, 3.05) is 26.7 Å². The molecule has 1 unspecified atom stereocenters. The number of likely N-dealkylation sites (N-methyl/N-ethyl adjacent to an activating group) is 1. The lowest BCUT2D eigenvalue weighted by Crippen LogP contribution is -2.43. The summed E-state index contributed by atoms with van der Waals surface area (Å²) in [7, 11) is 1.62. The van der Waals surface area contributed by atoms with E-state index in [1.807, 2.05) is 20.8 Å². The first-order valence-electron chi connectivity index (χ1n) is 6.97. The maximum Gasteiger partial charge on any atom is 0.410 e. The van der Waals surface area contributed by atoms with E-state index in [1.54, 1.807) is 7.05 Å². The molecule has 0 radical (unpaired) electrons. The molecule has 19 heavy (non-hydrogen) atoms. The van der Waals surface area contributed by atoms with Gasteiger partial charge in [0.15, 0.2) is 0 Å². The summed E-state index contributed by atoms with van der Waals surface area (Å²) in [5.41, 5.74) is -0.534. The zero-order valence-electron chi connectivity index (χ0n) is 12.5. The van der Waals surface area contributed by atoms with Gasteiger partial charge in [-0.2, -0.15) is 0 Å². The lowest BCUT2D eigenvalue weighted by Gasteiger charge is -2.28. The Morgan fingerprint density at radius 1 is 1.37 bits per heavy atom. The average molecular weight is 270 g/mol. The summed E-state index contributed by atoms with van der Waals surface area (Å²) in [6.45, 7) is 8.51. The molecule has 1 saturated heterocycles. The van der Waals surface area contributed by atoms with Crippen LogP contribution >= 0.6 is 0 Å². The standard InChI is InChI=1S/C14H26N2O3/c1-14(2,3)19-13(18)15(4)12(11-17)7-10-16-8-5-6-9-16/h11-12H,5-10H2,1-4H3. The number of nitrogens with zero attached hydrogens (tertiary/aromatic N) is 2. The molecule has 1 fully saturated rings. The Bertz CT molecular complexity index is 306. The summed E-state index contributed by atoms with van der Waals surface area (Å²) in [6.07, 6.45) is 3.52. The predicted molar refractivity (Wildman–Crippen MR) is 74.1 cm³/mol. The van der Waals surface area contributed by atoms with E-state index in [0.717, 1.165) is 25.9 Å². The molecule has 0 N–H and O–H groups in total. The molecule has 0 aromatic heterocycles. The molecule has 1 heterocycles. The second-order valence-corrected chi connectivity index (χ2v) is 6.13. The molecular formula is C14H26N2O3. The van der Waals surface area contributed by atoms with Gasteiger partial charge in [0.25, 0.3) is 0 Å². The van der Waals surface area contributed by atoms with Crippen molar-refractivity contribution < 1.29 is 14.3 Å². The second-order valence-electron chi connectivity index (χ2n) is 6.13. The maximum absolute atomic E-state index is 11.9. The molecule has 0 saturated carbocycles. The number of likely N-dealkylation sites (tertiary alicyclic amines) is 1. The first-order valence-corrected chi connectivity index (χ1v) is 6.97. The fourth-order valence-electron chi connectivity index (χ4n) is 2.14. The van der Waals surface area contributed by atoms with E-state index >= 15 is 0 Å². The largest absolute Gasteiger partial charge is 0.444 e. The van der Waals surface area contributed by atoms with Crippen LogP contribution in [0.25, 0.3) is 0 Å². The Labute approximate surface area is 115 Å². The predicted octanol–water partition coefficient (Wildman–Crippen LogP) is 1.91. The van der Waals surface area contributed by atoms with Crippen molar-refractivity contribution in [2.45, 2.75) is 51.7 Å². The third kappa shape index (κ3) is 5.59. The molecule has 0 spiro atoms. The van der Waals surface area contributed by atoms with Gasteiger partial charge in [-0.15, -0.1) is 0 Å². The van der Waals surface area contributed by atoms with Crippen LogP contribution in [0, 0.1) is 0 Å². The Morgan fingerprint density at radius 2 is 1.95 bits per heavy atom. The molecular weight excluding hydrogens is 244 g/mol. The van der Waals surface area contributed by atoms with Crippen molar-refractivity contribution in [3.8, 4) is 0 Å². The summed E-state index contributed by atoms with van der Waals surface area (Å²) in [5, 5.41) is 0. The van der Waals surface area contributed by atoms with Crippen molar-refractivity contribution in [3.05, 3.63) is 0 Å². The SMILES string of the molecule is CN(C(=O)OC(C)(C)C)C(C=O)CCN1CCCC1. The third-order valence-electron chi connectivity index (χ3n) is 3.28. The molecule has 0 aliphatic carbocycles. The Morgan fingerprint density at radius 3 is 2.42 bits per heavy atom. The van der Waals surface area contributed by atoms with Crippen LogP contribution in [0.5, 0.6) is 0 Å². The van der Waals surface area contributed by atoms with Crippen LogP contribution in [-0.2, 0) is 9.53 Å². The van der Waals surface area contributed by atoms with Crippen LogP contribution in [0.1, 0.15) is 40.0 Å². The molecule has 0 aromatic rings. The van der Waals surface area contributed by atoms with Crippen LogP contribution in [0.4, 0.5) is 4.79 Å². The van der Waals surface area contributed by atoms with Crippen molar-refractivity contribution >= 4 is 12.4 Å². The molecule has 5 nitrogen and oxygen atoms in total. The van der Waals surface area contributed by atoms with E-state index in [1.165, 1.54) is 17.7 Å². The smallest absolute Gasteiger partial charge is 0.410 e. The Hall–Kier alpha value is -1.10. The van der Waals surface area contributed by atoms with Crippen LogP contribution < -0.4 is 0 Å². The van der Waals surface area contributed by atoms with Crippen LogP contribution in [0.15, 0.2) is 0 Å². The molecule has 110 valence electrons. The van der Waals surface area contributed by atoms with Gasteiger partial charge >= 0.3 is 6.09 Å². The quantitative estimate of drug-likeness (QED) is 0.716. The van der Waals surface area contributed by atoms with Gasteiger partial charge in [-0.05, 0) is 53.1 Å². The third-order valence-corrected chi connectivity index (χ3v) is 3.28. The Balaban J connectivity index is 2.43. The minimum atomic E-state index is -0.534. The highest BCUT2D eigenvalue weighted by molar-refractivity contribution is 5.73. The highest BCUT2D eigenvalue weighted by Crippen LogP contribution is 2.13. The van der Waals surface area contributed by atoms with Gasteiger partial charge in [0.1, 0.15) is 11.9 Å². The Kier molecular flexibility index (Phi) is 5.79. The summed E-state index contributed by atoms with van der Waals surface area (Å²) in [6, 6.07) is -0.407. The molecule has 5 heteroatoms. The summed E-state index contributed by atoms with van der Waals surface area (Å²) in [5.74, 6) is 0. The zero-order valence-corrected chi connectivity index (χ0v) is 12.5. The molecule has 0 aromatic carbocycles.